The predicted molar refractivity (Wildman–Crippen MR) is 101 cm³/mol. The van der Waals surface area contributed by atoms with Crippen molar-refractivity contribution in [2.24, 2.45) is 11.7 Å². The highest BCUT2D eigenvalue weighted by Crippen LogP contribution is 2.31. The first-order chi connectivity index (χ1) is 11.4. The molecule has 0 radical (unpaired) electrons. The average Bonchev–Trinajstić information content (AvgIpc) is 2.98. The Kier molecular flexibility index (Phi) is 6.48. The van der Waals surface area contributed by atoms with Crippen LogP contribution in [0.25, 0.3) is 0 Å². The molecule has 1 amide bonds. The van der Waals surface area contributed by atoms with Crippen LogP contribution >= 0.6 is 12.4 Å². The van der Waals surface area contributed by atoms with E-state index in [0.29, 0.717) is 18.8 Å². The summed E-state index contributed by atoms with van der Waals surface area (Å²) >= 11 is 0. The van der Waals surface area contributed by atoms with E-state index in [1.54, 1.807) is 17.0 Å². The molecular weight excluding hydrogens is 362 g/mol. The monoisotopic (exact) mass is 387 g/mol. The molecule has 0 spiro atoms. The molecule has 140 valence electrons. The molecule has 2 aliphatic rings. The number of nitrogens with one attached hydrogen (secondary N) is 1. The highest BCUT2D eigenvalue weighted by atomic mass is 35.5. The van der Waals surface area contributed by atoms with E-state index in [2.05, 4.69) is 4.72 Å². The van der Waals surface area contributed by atoms with Gasteiger partial charge in [0.1, 0.15) is 0 Å². The normalized spacial score (nSPS) is 23.0. The van der Waals surface area contributed by atoms with Gasteiger partial charge in [0.2, 0.25) is 15.9 Å². The number of carbonyl (C=O) groups is 1. The molecule has 2 unspecified atom stereocenters. The molecule has 0 bridgehead atoms. The van der Waals surface area contributed by atoms with Crippen molar-refractivity contribution in [1.82, 2.24) is 4.72 Å². The SMILES string of the molecule is CC(=O)N1CCc2ccc(S(=O)(=O)NC3CCCCC3CN)cc21.Cl. The summed E-state index contributed by atoms with van der Waals surface area (Å²) in [5, 5.41) is 0. The number of fused-ring (bicyclic) bond motifs is 1. The van der Waals surface area contributed by atoms with Crippen LogP contribution in [-0.2, 0) is 21.2 Å². The van der Waals surface area contributed by atoms with Gasteiger partial charge in [-0.05, 0) is 49.4 Å². The van der Waals surface area contributed by atoms with Gasteiger partial charge in [0, 0.05) is 25.2 Å². The summed E-state index contributed by atoms with van der Waals surface area (Å²) in [5.41, 5.74) is 7.53. The summed E-state index contributed by atoms with van der Waals surface area (Å²) in [5.74, 6) is 0.128. The Morgan fingerprint density at radius 3 is 2.72 bits per heavy atom. The van der Waals surface area contributed by atoms with Gasteiger partial charge >= 0.3 is 0 Å². The lowest BCUT2D eigenvalue weighted by atomic mass is 9.85. The summed E-state index contributed by atoms with van der Waals surface area (Å²) in [6.45, 7) is 2.61. The molecule has 1 aliphatic heterocycles. The summed E-state index contributed by atoms with van der Waals surface area (Å²) in [6, 6.07) is 4.96. The second-order valence-electron chi connectivity index (χ2n) is 6.72. The van der Waals surface area contributed by atoms with Crippen molar-refractivity contribution < 1.29 is 13.2 Å². The first kappa shape index (κ1) is 20.2. The van der Waals surface area contributed by atoms with Crippen LogP contribution in [0.1, 0.15) is 38.2 Å². The number of hydrogen-bond acceptors (Lipinski definition) is 4. The predicted octanol–water partition coefficient (Wildman–Crippen LogP) is 1.81. The van der Waals surface area contributed by atoms with Crippen LogP contribution in [0.4, 0.5) is 5.69 Å². The van der Waals surface area contributed by atoms with Crippen molar-refractivity contribution in [3.05, 3.63) is 23.8 Å². The lowest BCUT2D eigenvalue weighted by Gasteiger charge is -2.31. The Labute approximate surface area is 155 Å². The third kappa shape index (κ3) is 4.16. The minimum absolute atomic E-state index is 0. The fourth-order valence-electron chi connectivity index (χ4n) is 3.77. The van der Waals surface area contributed by atoms with E-state index in [9.17, 15) is 13.2 Å². The zero-order chi connectivity index (χ0) is 17.3. The van der Waals surface area contributed by atoms with Gasteiger partial charge in [-0.3, -0.25) is 4.79 Å². The van der Waals surface area contributed by atoms with Crippen LogP contribution < -0.4 is 15.4 Å². The van der Waals surface area contributed by atoms with Crippen LogP contribution in [-0.4, -0.2) is 33.5 Å². The highest BCUT2D eigenvalue weighted by Gasteiger charge is 2.30. The van der Waals surface area contributed by atoms with Crippen LogP contribution in [0.15, 0.2) is 23.1 Å². The lowest BCUT2D eigenvalue weighted by molar-refractivity contribution is -0.116. The van der Waals surface area contributed by atoms with Crippen molar-refractivity contribution in [2.75, 3.05) is 18.0 Å². The first-order valence-corrected chi connectivity index (χ1v) is 10.0. The Balaban J connectivity index is 0.00000225. The van der Waals surface area contributed by atoms with Crippen LogP contribution in [0.3, 0.4) is 0 Å². The van der Waals surface area contributed by atoms with Crippen LogP contribution in [0.2, 0.25) is 0 Å². The van der Waals surface area contributed by atoms with Crippen molar-refractivity contribution >= 4 is 34.0 Å². The number of rotatable bonds is 4. The van der Waals surface area contributed by atoms with Gasteiger partial charge in [-0.1, -0.05) is 18.9 Å². The molecule has 1 fully saturated rings. The molecule has 0 aromatic heterocycles. The topological polar surface area (TPSA) is 92.5 Å². The Hall–Kier alpha value is -1.15. The average molecular weight is 388 g/mol. The Morgan fingerprint density at radius 1 is 1.32 bits per heavy atom. The molecule has 1 saturated carbocycles. The van der Waals surface area contributed by atoms with Crippen molar-refractivity contribution in [1.29, 1.82) is 0 Å². The van der Waals surface area contributed by atoms with Crippen molar-refractivity contribution in [3.63, 3.8) is 0 Å². The quantitative estimate of drug-likeness (QED) is 0.824. The number of amides is 1. The highest BCUT2D eigenvalue weighted by molar-refractivity contribution is 7.89. The number of anilines is 1. The second kappa shape index (κ2) is 8.03. The number of benzene rings is 1. The Morgan fingerprint density at radius 2 is 2.04 bits per heavy atom. The number of hydrogen-bond donors (Lipinski definition) is 2. The molecule has 1 aromatic carbocycles. The fraction of sp³-hybridized carbons (Fsp3) is 0.588. The minimum atomic E-state index is -3.62. The van der Waals surface area contributed by atoms with E-state index in [0.717, 1.165) is 37.7 Å². The number of halogens is 1. The van der Waals surface area contributed by atoms with E-state index >= 15 is 0 Å². The number of nitrogens with two attached hydrogens (primary N) is 1. The third-order valence-corrected chi connectivity index (χ3v) is 6.65. The van der Waals surface area contributed by atoms with E-state index in [-0.39, 0.29) is 35.2 Å². The zero-order valence-electron chi connectivity index (χ0n) is 14.4. The molecule has 1 heterocycles. The van der Waals surface area contributed by atoms with Gasteiger partial charge < -0.3 is 10.6 Å². The van der Waals surface area contributed by atoms with Crippen LogP contribution in [0.5, 0.6) is 0 Å². The largest absolute Gasteiger partial charge is 0.330 e. The van der Waals surface area contributed by atoms with Gasteiger partial charge in [0.05, 0.1) is 4.90 Å². The van der Waals surface area contributed by atoms with Gasteiger partial charge in [-0.2, -0.15) is 0 Å². The summed E-state index contributed by atoms with van der Waals surface area (Å²) < 4.78 is 28.4. The van der Waals surface area contributed by atoms with E-state index in [1.807, 2.05) is 6.07 Å². The molecule has 8 heteroatoms. The van der Waals surface area contributed by atoms with E-state index < -0.39 is 10.0 Å². The van der Waals surface area contributed by atoms with Gasteiger partial charge in [0.15, 0.2) is 0 Å². The summed E-state index contributed by atoms with van der Waals surface area (Å²) in [6.07, 6.45) is 4.68. The maximum atomic E-state index is 12.8. The van der Waals surface area contributed by atoms with E-state index in [4.69, 9.17) is 5.73 Å². The third-order valence-electron chi connectivity index (χ3n) is 5.16. The van der Waals surface area contributed by atoms with Gasteiger partial charge in [-0.25, -0.2) is 13.1 Å². The molecule has 2 atom stereocenters. The molecule has 1 aromatic rings. The number of nitrogens with zero attached hydrogens (tertiary/aromatic N) is 1. The standard InChI is InChI=1S/C17H25N3O3S.ClH/c1-12(21)20-9-8-13-6-7-15(10-17(13)20)24(22,23)19-16-5-3-2-4-14(16)11-18;/h6-7,10,14,16,19H,2-5,8-9,11,18H2,1H3;1H. The molecule has 0 saturated heterocycles. The molecule has 6 nitrogen and oxygen atoms in total. The summed E-state index contributed by atoms with van der Waals surface area (Å²) in [7, 11) is -3.62. The smallest absolute Gasteiger partial charge is 0.240 e. The molecule has 3 rings (SSSR count). The van der Waals surface area contributed by atoms with E-state index in [1.165, 1.54) is 6.92 Å². The molecule has 25 heavy (non-hydrogen) atoms. The van der Waals surface area contributed by atoms with Gasteiger partial charge in [0.25, 0.3) is 0 Å². The number of carbonyl (C=O) groups excluding carboxylic acids is 1. The fourth-order valence-corrected chi connectivity index (χ4v) is 5.12. The van der Waals surface area contributed by atoms with Crippen molar-refractivity contribution in [2.45, 2.75) is 50.0 Å². The number of sulfonamides is 1. The molecule has 3 N–H and O–H groups in total. The molecule has 1 aliphatic carbocycles. The zero-order valence-corrected chi connectivity index (χ0v) is 16.0. The molecular formula is C17H26ClN3O3S. The summed E-state index contributed by atoms with van der Waals surface area (Å²) in [4.78, 5) is 13.6. The van der Waals surface area contributed by atoms with Gasteiger partial charge in [-0.15, -0.1) is 12.4 Å². The maximum absolute atomic E-state index is 12.8. The minimum Gasteiger partial charge on any atom is -0.330 e. The van der Waals surface area contributed by atoms with Crippen molar-refractivity contribution in [3.8, 4) is 0 Å². The maximum Gasteiger partial charge on any atom is 0.240 e. The second-order valence-corrected chi connectivity index (χ2v) is 8.43. The lowest BCUT2D eigenvalue weighted by Crippen LogP contribution is -2.44. The first-order valence-electron chi connectivity index (χ1n) is 8.56. The van der Waals surface area contributed by atoms with Crippen LogP contribution in [0, 0.1) is 5.92 Å². The Bertz CT molecular complexity index is 739.